The molecule has 0 fully saturated rings. The van der Waals surface area contributed by atoms with Crippen LogP contribution in [-0.4, -0.2) is 111 Å². The van der Waals surface area contributed by atoms with Gasteiger partial charge in [0.1, 0.15) is 29.2 Å². The van der Waals surface area contributed by atoms with Gasteiger partial charge in [-0.25, -0.2) is 0 Å². The number of phenols is 3. The number of carbonyl (C=O) groups is 3. The number of benzene rings is 2. The van der Waals surface area contributed by atoms with Gasteiger partial charge in [0.05, 0.1) is 53.0 Å². The maximum absolute atomic E-state index is 14.4. The molecule has 3 aliphatic rings. The number of amides is 1. The lowest BCUT2D eigenvalue weighted by molar-refractivity contribution is -0.160. The lowest BCUT2D eigenvalue weighted by atomic mass is 9.78. The van der Waals surface area contributed by atoms with E-state index in [1.54, 1.807) is 46.8 Å². The van der Waals surface area contributed by atoms with Crippen molar-refractivity contribution in [3.05, 3.63) is 52.8 Å². The normalized spacial score (nSPS) is 30.1. The quantitative estimate of drug-likeness (QED) is 0.0502. The van der Waals surface area contributed by atoms with Gasteiger partial charge in [0, 0.05) is 74.2 Å². The Kier molecular flexibility index (Phi) is 15.2. The largest absolute Gasteiger partial charge is 0.507 e. The average molecular weight is 837 g/mol. The second-order valence-corrected chi connectivity index (χ2v) is 15.7. The van der Waals surface area contributed by atoms with Crippen molar-refractivity contribution < 1.29 is 58.9 Å². The number of rotatable bonds is 6. The Morgan fingerprint density at radius 2 is 1.60 bits per heavy atom. The van der Waals surface area contributed by atoms with E-state index in [1.165, 1.54) is 53.2 Å². The number of aliphatic hydroxyl groups is 2. The van der Waals surface area contributed by atoms with Crippen molar-refractivity contribution >= 4 is 46.2 Å². The molecule has 0 unspecified atom stereocenters. The van der Waals surface area contributed by atoms with Crippen LogP contribution in [0.4, 0.5) is 5.69 Å². The van der Waals surface area contributed by atoms with Crippen LogP contribution in [0.1, 0.15) is 90.7 Å². The summed E-state index contributed by atoms with van der Waals surface area (Å²) in [4.78, 5) is 42.4. The minimum Gasteiger partial charge on any atom is -0.507 e. The first-order chi connectivity index (χ1) is 28.2. The second kappa shape index (κ2) is 19.3. The number of anilines is 1. The fourth-order valence-electron chi connectivity index (χ4n) is 7.79. The summed E-state index contributed by atoms with van der Waals surface area (Å²) in [5.74, 6) is -8.09. The van der Waals surface area contributed by atoms with E-state index in [0.29, 0.717) is 18.9 Å². The predicted molar refractivity (Wildman–Crippen MR) is 227 cm³/mol. The highest BCUT2D eigenvalue weighted by molar-refractivity contribution is 6.23. The van der Waals surface area contributed by atoms with Gasteiger partial charge in [0.2, 0.25) is 0 Å². The van der Waals surface area contributed by atoms with Gasteiger partial charge in [-0.05, 0) is 40.7 Å². The highest BCUT2D eigenvalue weighted by Gasteiger charge is 2.50. The van der Waals surface area contributed by atoms with Crippen molar-refractivity contribution in [2.45, 2.75) is 106 Å². The van der Waals surface area contributed by atoms with Crippen LogP contribution in [0.15, 0.2) is 46.3 Å². The van der Waals surface area contributed by atoms with Gasteiger partial charge >= 0.3 is 11.8 Å². The van der Waals surface area contributed by atoms with Crippen molar-refractivity contribution in [3.8, 4) is 23.0 Å². The van der Waals surface area contributed by atoms with E-state index in [2.05, 4.69) is 15.5 Å². The molecule has 2 aromatic carbocycles. The van der Waals surface area contributed by atoms with Crippen LogP contribution in [0.2, 0.25) is 0 Å². The molecule has 3 aliphatic heterocycles. The van der Waals surface area contributed by atoms with Crippen molar-refractivity contribution in [2.75, 3.05) is 25.5 Å². The van der Waals surface area contributed by atoms with Crippen LogP contribution >= 0.6 is 0 Å². The van der Waals surface area contributed by atoms with Crippen LogP contribution in [0.5, 0.6) is 23.0 Å². The number of esters is 1. The molecule has 6 N–H and O–H groups in total. The Hall–Kier alpha value is -5.45. The molecule has 60 heavy (non-hydrogen) atoms. The first kappa shape index (κ1) is 47.2. The zero-order chi connectivity index (χ0) is 45.0. The number of hydrogen-bond donors (Lipinski definition) is 6. The summed E-state index contributed by atoms with van der Waals surface area (Å²) in [5.41, 5.74) is -0.591. The average Bonchev–Trinajstić information content (AvgIpc) is 3.47. The van der Waals surface area contributed by atoms with Crippen molar-refractivity contribution in [1.29, 1.82) is 0 Å². The molecule has 5 rings (SSSR count). The number of nitrogens with zero attached hydrogens (tertiary/aromatic N) is 3. The number of phenolic OH excluding ortho intramolecular Hbond substituents is 3. The Morgan fingerprint density at radius 3 is 2.20 bits per heavy atom. The van der Waals surface area contributed by atoms with Gasteiger partial charge in [-0.2, -0.15) is 5.10 Å². The summed E-state index contributed by atoms with van der Waals surface area (Å²) >= 11 is 0. The summed E-state index contributed by atoms with van der Waals surface area (Å²) in [6, 6.07) is 0. The van der Waals surface area contributed by atoms with Crippen molar-refractivity contribution in [1.82, 2.24) is 4.90 Å². The molecule has 0 spiro atoms. The van der Waals surface area contributed by atoms with Crippen LogP contribution in [-0.2, 0) is 23.8 Å². The standard InChI is InChI=1S/C44H60N4O12/c1-13-48(14-2)27(9)47-45-20-29-34-39(54)32-31(38(29)53)33-41(26(8)37(32)52)60-44(11,42(33)55)58-19-18-30(57-12)23(5)40(59-28(10)49)25(7)36(51)24(6)35(50)21(3)16-15-17-22(4)43(56)46-34/h15-21,23-25,30,35-36,40,50-54H,13-14H2,1-12H3,(H,46,56)/b16-15+,19-18+,22-17+,45-20?,47-27-/t21-,23-,24+,25-,30-,35-,36+,40+,44-/m0/s1. The Morgan fingerprint density at radius 1 is 0.950 bits per heavy atom. The monoisotopic (exact) mass is 836 g/mol. The summed E-state index contributed by atoms with van der Waals surface area (Å²) in [7, 11) is 1.43. The van der Waals surface area contributed by atoms with Gasteiger partial charge in [0.25, 0.3) is 11.7 Å². The van der Waals surface area contributed by atoms with Gasteiger partial charge < -0.3 is 54.7 Å². The zero-order valence-electron chi connectivity index (χ0n) is 36.4. The van der Waals surface area contributed by atoms with E-state index in [9.17, 15) is 39.9 Å². The molecule has 328 valence electrons. The molecule has 0 radical (unpaired) electrons. The topological polar surface area (TPSA) is 229 Å². The number of hydrogen-bond acceptors (Lipinski definition) is 14. The molecule has 0 saturated heterocycles. The molecule has 16 nitrogen and oxygen atoms in total. The van der Waals surface area contributed by atoms with Crippen LogP contribution in [0, 0.1) is 30.6 Å². The van der Waals surface area contributed by atoms with E-state index in [1.807, 2.05) is 18.7 Å². The highest BCUT2D eigenvalue weighted by Crippen LogP contribution is 2.55. The molecule has 9 atom stereocenters. The zero-order valence-corrected chi connectivity index (χ0v) is 36.4. The van der Waals surface area contributed by atoms with E-state index in [0.717, 1.165) is 6.21 Å². The summed E-state index contributed by atoms with van der Waals surface area (Å²) in [5, 5.41) is 68.7. The first-order valence-corrected chi connectivity index (χ1v) is 20.1. The fourth-order valence-corrected chi connectivity index (χ4v) is 7.79. The third kappa shape index (κ3) is 9.30. The third-order valence-corrected chi connectivity index (χ3v) is 11.6. The fraction of sp³-hybridized carbons (Fsp3) is 0.523. The molecule has 0 aromatic heterocycles. The molecule has 0 saturated carbocycles. The highest BCUT2D eigenvalue weighted by atomic mass is 16.7. The molecule has 16 heteroatoms. The number of allylic oxidation sites excluding steroid dienone is 2. The number of ketones is 1. The molecule has 3 heterocycles. The summed E-state index contributed by atoms with van der Waals surface area (Å²) in [6.07, 6.45) is 4.58. The number of ether oxygens (including phenoxy) is 4. The van der Waals surface area contributed by atoms with E-state index in [-0.39, 0.29) is 44.5 Å². The second-order valence-electron chi connectivity index (χ2n) is 15.7. The smallest absolute Gasteiger partial charge is 0.312 e. The first-order valence-electron chi connectivity index (χ1n) is 20.1. The maximum atomic E-state index is 14.4. The summed E-state index contributed by atoms with van der Waals surface area (Å²) < 4.78 is 23.6. The van der Waals surface area contributed by atoms with Gasteiger partial charge in [0.15, 0.2) is 5.75 Å². The van der Waals surface area contributed by atoms with Gasteiger partial charge in [-0.3, -0.25) is 14.4 Å². The molecular formula is C44H60N4O12. The number of aromatic hydroxyl groups is 3. The van der Waals surface area contributed by atoms with Crippen LogP contribution in [0.3, 0.4) is 0 Å². The number of fused-ring (bicyclic) bond motifs is 14. The van der Waals surface area contributed by atoms with E-state index >= 15 is 0 Å². The van der Waals surface area contributed by atoms with Crippen molar-refractivity contribution in [2.24, 2.45) is 33.9 Å². The molecule has 0 aliphatic carbocycles. The van der Waals surface area contributed by atoms with Crippen LogP contribution < -0.4 is 10.1 Å². The molecule has 2 aromatic rings. The SMILES string of the molecule is CCN(CC)/C(C)=N\N=Cc1c2c(O)c3c(O)c(C)c4c(c3c1O)C(=O)[C@@](C)(O/C=C/[C@H](OC)[C@H](C)[C@@H](OC(C)=O)[C@@H](C)[C@H](O)[C@H](C)[C@@H](O)[C@@H](C)/C=C/C=C(\C)C(=O)N2)O4. The van der Waals surface area contributed by atoms with Gasteiger partial charge in [-0.1, -0.05) is 45.9 Å². The minimum atomic E-state index is -2.07. The maximum Gasteiger partial charge on any atom is 0.312 e. The minimum absolute atomic E-state index is 0.0347. The lowest BCUT2D eigenvalue weighted by Gasteiger charge is -2.38. The molecule has 5 bridgehead atoms. The number of Topliss-reactive ketones (excluding diaryl/α,β-unsaturated/α-hetero) is 1. The Bertz CT molecular complexity index is 2120. The number of aliphatic hydroxyl groups excluding tert-OH is 2. The Balaban J connectivity index is 2.00. The lowest BCUT2D eigenvalue weighted by Crippen LogP contribution is -2.46. The number of methoxy groups -OCH3 is 1. The van der Waals surface area contributed by atoms with Crippen molar-refractivity contribution in [3.63, 3.8) is 0 Å². The summed E-state index contributed by atoms with van der Waals surface area (Å²) in [6.45, 7) is 19.4. The molecular weight excluding hydrogens is 776 g/mol. The Labute approximate surface area is 350 Å². The third-order valence-electron chi connectivity index (χ3n) is 11.6. The van der Waals surface area contributed by atoms with Gasteiger partial charge in [-0.15, -0.1) is 5.10 Å². The predicted octanol–water partition coefficient (Wildman–Crippen LogP) is 5.85. The number of amidine groups is 1. The molecule has 1 amide bonds. The van der Waals surface area contributed by atoms with Crippen LogP contribution in [0.25, 0.3) is 10.8 Å². The number of carbonyl (C=O) groups excluding carboxylic acids is 3. The van der Waals surface area contributed by atoms with E-state index < -0.39 is 88.8 Å². The number of nitrogens with one attached hydrogen (secondary N) is 1. The van der Waals surface area contributed by atoms with E-state index in [4.69, 9.17) is 18.9 Å².